The molecule has 3 aromatic rings. The van der Waals surface area contributed by atoms with Gasteiger partial charge in [-0.3, -0.25) is 4.79 Å². The summed E-state index contributed by atoms with van der Waals surface area (Å²) >= 11 is 14.0. The largest absolute Gasteiger partial charge is 0.460 e. The molecule has 156 valence electrons. The summed E-state index contributed by atoms with van der Waals surface area (Å²) in [6.07, 6.45) is 0. The van der Waals surface area contributed by atoms with Crippen LogP contribution in [0.4, 0.5) is 0 Å². The number of alkyl halides is 2. The fourth-order valence-corrected chi connectivity index (χ4v) is 5.61. The third-order valence-corrected chi connectivity index (χ3v) is 7.69. The Balaban J connectivity index is 1.43. The van der Waals surface area contributed by atoms with Gasteiger partial charge in [0.25, 0.3) is 0 Å². The van der Waals surface area contributed by atoms with Crippen molar-refractivity contribution < 1.29 is 14.3 Å². The van der Waals surface area contributed by atoms with Crippen LogP contribution in [0.3, 0.4) is 0 Å². The quantitative estimate of drug-likeness (QED) is 0.296. The maximum Gasteiger partial charge on any atom is 0.331 e. The number of thioether (sulfide) groups is 1. The van der Waals surface area contributed by atoms with Crippen molar-refractivity contribution in [1.82, 2.24) is 0 Å². The zero-order valence-corrected chi connectivity index (χ0v) is 18.5. The highest BCUT2D eigenvalue weighted by atomic mass is 35.5. The smallest absolute Gasteiger partial charge is 0.331 e. The molecular weight excluding hydrogens is 453 g/mol. The molecule has 0 bridgehead atoms. The van der Waals surface area contributed by atoms with Crippen molar-refractivity contribution in [3.8, 4) is 17.6 Å². The van der Waals surface area contributed by atoms with Crippen LogP contribution in [0.1, 0.15) is 5.56 Å². The van der Waals surface area contributed by atoms with E-state index in [4.69, 9.17) is 32.7 Å². The van der Waals surface area contributed by atoms with Gasteiger partial charge in [0, 0.05) is 4.90 Å². The van der Waals surface area contributed by atoms with Crippen molar-refractivity contribution >= 4 is 40.9 Å². The van der Waals surface area contributed by atoms with Gasteiger partial charge in [-0.05, 0) is 42.0 Å². The molecule has 31 heavy (non-hydrogen) atoms. The lowest BCUT2D eigenvalue weighted by molar-refractivity contribution is -0.149. The lowest BCUT2D eigenvalue weighted by atomic mass is 10.1. The van der Waals surface area contributed by atoms with Crippen LogP contribution in [0, 0.1) is 16.7 Å². The zero-order chi connectivity index (χ0) is 21.9. The number of rotatable bonds is 7. The molecule has 3 aromatic carbocycles. The molecule has 0 heterocycles. The summed E-state index contributed by atoms with van der Waals surface area (Å²) in [6.45, 7) is -0.0269. The molecule has 1 aliphatic carbocycles. The van der Waals surface area contributed by atoms with Crippen molar-refractivity contribution in [2.45, 2.75) is 21.1 Å². The molecule has 7 heteroatoms. The molecule has 0 saturated heterocycles. The van der Waals surface area contributed by atoms with E-state index in [1.807, 2.05) is 78.9 Å². The number of ether oxygens (including phenoxy) is 2. The molecule has 2 atom stereocenters. The first-order valence-electron chi connectivity index (χ1n) is 9.47. The van der Waals surface area contributed by atoms with Crippen LogP contribution in [0.25, 0.3) is 0 Å². The molecule has 0 aliphatic heterocycles. The number of hydrogen-bond acceptors (Lipinski definition) is 5. The number of nitriles is 1. The Morgan fingerprint density at radius 1 is 0.968 bits per heavy atom. The first-order valence-corrected chi connectivity index (χ1v) is 11.1. The second-order valence-electron chi connectivity index (χ2n) is 6.99. The minimum atomic E-state index is -1.63. The van der Waals surface area contributed by atoms with Crippen LogP contribution in [-0.2, 0) is 16.1 Å². The van der Waals surface area contributed by atoms with Gasteiger partial charge in [-0.25, -0.2) is 0 Å². The number of carbonyl (C=O) groups is 1. The van der Waals surface area contributed by atoms with Crippen LogP contribution in [0.5, 0.6) is 11.5 Å². The van der Waals surface area contributed by atoms with Crippen molar-refractivity contribution in [2.24, 2.45) is 5.41 Å². The van der Waals surface area contributed by atoms with Crippen LogP contribution >= 0.6 is 35.0 Å². The summed E-state index contributed by atoms with van der Waals surface area (Å²) in [4.78, 5) is 13.7. The van der Waals surface area contributed by atoms with E-state index in [1.165, 1.54) is 11.8 Å². The topological polar surface area (TPSA) is 59.3 Å². The number of benzene rings is 3. The van der Waals surface area contributed by atoms with Crippen LogP contribution < -0.4 is 4.74 Å². The number of esters is 1. The number of carbonyl (C=O) groups excluding carboxylic acids is 1. The Bertz CT molecular complexity index is 1120. The Morgan fingerprint density at radius 2 is 1.61 bits per heavy atom. The Kier molecular flexibility index (Phi) is 6.15. The molecule has 1 fully saturated rings. The fourth-order valence-electron chi connectivity index (χ4n) is 3.18. The third kappa shape index (κ3) is 4.24. The average molecular weight is 470 g/mol. The molecule has 4 nitrogen and oxygen atoms in total. The predicted octanol–water partition coefficient (Wildman–Crippen LogP) is 6.38. The molecule has 0 radical (unpaired) electrons. The standard InChI is InChI=1S/C24H17Cl2NO3S/c25-24(26)21(31-20-12-5-2-6-13-20)23(24,16-27)22(28)29-15-17-8-7-11-19(14-17)30-18-9-3-1-4-10-18/h1-14,21H,15H2. The molecule has 2 unspecified atom stereocenters. The fraction of sp³-hybridized carbons (Fsp3) is 0.167. The molecule has 1 aliphatic rings. The number of halogens is 2. The highest BCUT2D eigenvalue weighted by molar-refractivity contribution is 8.00. The summed E-state index contributed by atoms with van der Waals surface area (Å²) in [5, 5.41) is 9.13. The third-order valence-electron chi connectivity index (χ3n) is 4.91. The minimum Gasteiger partial charge on any atom is -0.460 e. The predicted molar refractivity (Wildman–Crippen MR) is 121 cm³/mol. The molecule has 0 amide bonds. The lowest BCUT2D eigenvalue weighted by Gasteiger charge is -2.11. The van der Waals surface area contributed by atoms with Gasteiger partial charge >= 0.3 is 5.97 Å². The first kappa shape index (κ1) is 21.6. The van der Waals surface area contributed by atoms with Crippen molar-refractivity contribution in [3.05, 3.63) is 90.5 Å². The number of hydrogen-bond donors (Lipinski definition) is 0. The second-order valence-corrected chi connectivity index (χ2v) is 9.56. The van der Waals surface area contributed by atoms with Crippen molar-refractivity contribution in [2.75, 3.05) is 0 Å². The summed E-state index contributed by atoms with van der Waals surface area (Å²) in [5.41, 5.74) is -0.910. The normalized spacial score (nSPS) is 21.0. The summed E-state index contributed by atoms with van der Waals surface area (Å²) in [7, 11) is 0. The number of nitrogens with zero attached hydrogens (tertiary/aromatic N) is 1. The van der Waals surface area contributed by atoms with E-state index in [9.17, 15) is 10.1 Å². The van der Waals surface area contributed by atoms with Gasteiger partial charge in [0.1, 0.15) is 18.1 Å². The van der Waals surface area contributed by atoms with E-state index in [0.29, 0.717) is 11.5 Å². The second kappa shape index (κ2) is 8.84. The summed E-state index contributed by atoms with van der Waals surface area (Å²) < 4.78 is 9.73. The minimum absolute atomic E-state index is 0.0269. The lowest BCUT2D eigenvalue weighted by Crippen LogP contribution is -2.23. The summed E-state index contributed by atoms with van der Waals surface area (Å²) in [5.74, 6) is 0.582. The maximum atomic E-state index is 12.9. The van der Waals surface area contributed by atoms with E-state index in [-0.39, 0.29) is 6.61 Å². The molecule has 4 rings (SSSR count). The molecule has 0 N–H and O–H groups in total. The van der Waals surface area contributed by atoms with Crippen LogP contribution in [0.15, 0.2) is 89.8 Å². The van der Waals surface area contributed by atoms with E-state index in [2.05, 4.69) is 0 Å². The molecule has 0 aromatic heterocycles. The van der Waals surface area contributed by atoms with Gasteiger partial charge in [0.2, 0.25) is 5.41 Å². The highest BCUT2D eigenvalue weighted by Gasteiger charge is 2.83. The Hall–Kier alpha value is -2.65. The van der Waals surface area contributed by atoms with E-state index in [0.717, 1.165) is 10.5 Å². The van der Waals surface area contributed by atoms with Gasteiger partial charge in [-0.1, -0.05) is 71.7 Å². The van der Waals surface area contributed by atoms with Gasteiger partial charge in [-0.2, -0.15) is 5.26 Å². The van der Waals surface area contributed by atoms with E-state index in [1.54, 1.807) is 12.1 Å². The van der Waals surface area contributed by atoms with Gasteiger partial charge in [0.15, 0.2) is 4.33 Å². The van der Waals surface area contributed by atoms with E-state index < -0.39 is 21.0 Å². The van der Waals surface area contributed by atoms with Crippen molar-refractivity contribution in [1.29, 1.82) is 5.26 Å². The first-order chi connectivity index (χ1) is 15.0. The van der Waals surface area contributed by atoms with Gasteiger partial charge in [0.05, 0.1) is 11.3 Å². The van der Waals surface area contributed by atoms with Gasteiger partial charge in [-0.15, -0.1) is 11.8 Å². The van der Waals surface area contributed by atoms with Gasteiger partial charge < -0.3 is 9.47 Å². The Morgan fingerprint density at radius 3 is 2.29 bits per heavy atom. The number of para-hydroxylation sites is 1. The van der Waals surface area contributed by atoms with Crippen LogP contribution in [0.2, 0.25) is 0 Å². The average Bonchev–Trinajstić information content (AvgIpc) is 3.27. The monoisotopic (exact) mass is 469 g/mol. The van der Waals surface area contributed by atoms with E-state index >= 15 is 0 Å². The van der Waals surface area contributed by atoms with Crippen molar-refractivity contribution in [3.63, 3.8) is 0 Å². The maximum absolute atomic E-state index is 12.9. The zero-order valence-electron chi connectivity index (χ0n) is 16.2. The molecule has 0 spiro atoms. The Labute approximate surface area is 194 Å². The SMILES string of the molecule is N#CC1(C(=O)OCc2cccc(Oc3ccccc3)c2)C(Sc2ccccc2)C1(Cl)Cl. The molecular formula is C24H17Cl2NO3S. The molecule has 1 saturated carbocycles. The highest BCUT2D eigenvalue weighted by Crippen LogP contribution is 2.70. The van der Waals surface area contributed by atoms with Crippen LogP contribution in [-0.4, -0.2) is 15.6 Å². The summed E-state index contributed by atoms with van der Waals surface area (Å²) in [6, 6.07) is 27.9.